The first-order valence-electron chi connectivity index (χ1n) is 6.72. The minimum atomic E-state index is -0.551. The number of nitrogens with zero attached hydrogens (tertiary/aromatic N) is 1. The quantitative estimate of drug-likeness (QED) is 0.602. The molecule has 0 spiro atoms. The van der Waals surface area contributed by atoms with Gasteiger partial charge in [-0.25, -0.2) is 0 Å². The highest BCUT2D eigenvalue weighted by molar-refractivity contribution is 6.30. The Kier molecular flexibility index (Phi) is 5.82. The van der Waals surface area contributed by atoms with E-state index in [0.717, 1.165) is 11.3 Å². The van der Waals surface area contributed by atoms with Gasteiger partial charge in [0.15, 0.2) is 18.1 Å². The molecule has 0 aliphatic heterocycles. The molecule has 0 atom stereocenters. The average Bonchev–Trinajstić information content (AvgIpc) is 2.55. The first-order chi connectivity index (χ1) is 11.1. The minimum Gasteiger partial charge on any atom is -0.493 e. The van der Waals surface area contributed by atoms with Gasteiger partial charge in [0, 0.05) is 5.02 Å². The van der Waals surface area contributed by atoms with Gasteiger partial charge in [0.05, 0.1) is 19.0 Å². The molecule has 1 amide bonds. The van der Waals surface area contributed by atoms with Gasteiger partial charge in [-0.3, -0.25) is 10.2 Å². The number of anilines is 1. The van der Waals surface area contributed by atoms with Crippen molar-refractivity contribution in [2.24, 2.45) is 10.8 Å². The van der Waals surface area contributed by atoms with Crippen LogP contribution < -0.4 is 20.6 Å². The third-order valence-electron chi connectivity index (χ3n) is 2.81. The number of methoxy groups -OCH3 is 1. The Balaban J connectivity index is 2.03. The molecule has 7 heteroatoms. The highest BCUT2D eigenvalue weighted by Crippen LogP contribution is 2.27. The lowest BCUT2D eigenvalue weighted by Crippen LogP contribution is -2.20. The van der Waals surface area contributed by atoms with Crippen LogP contribution in [0.25, 0.3) is 0 Å². The summed E-state index contributed by atoms with van der Waals surface area (Å²) >= 11 is 5.81. The molecule has 0 bridgehead atoms. The van der Waals surface area contributed by atoms with Crippen molar-refractivity contribution in [3.05, 3.63) is 53.1 Å². The molecule has 0 heterocycles. The van der Waals surface area contributed by atoms with E-state index in [1.165, 1.54) is 7.11 Å². The highest BCUT2D eigenvalue weighted by Gasteiger charge is 2.06. The van der Waals surface area contributed by atoms with Crippen LogP contribution in [0.5, 0.6) is 11.5 Å². The van der Waals surface area contributed by atoms with Crippen molar-refractivity contribution >= 4 is 29.4 Å². The van der Waals surface area contributed by atoms with Gasteiger partial charge in [-0.2, -0.15) is 5.10 Å². The summed E-state index contributed by atoms with van der Waals surface area (Å²) in [6.45, 7) is -0.206. The maximum absolute atomic E-state index is 10.8. The second-order valence-electron chi connectivity index (χ2n) is 4.54. The Hall–Kier alpha value is -2.73. The van der Waals surface area contributed by atoms with E-state index in [1.54, 1.807) is 36.5 Å². The molecule has 6 nitrogen and oxygen atoms in total. The Morgan fingerprint density at radius 3 is 2.65 bits per heavy atom. The molecular formula is C16H16ClN3O3. The fourth-order valence-corrected chi connectivity index (χ4v) is 1.86. The number of carbonyl (C=O) groups excluding carboxylic acids is 1. The van der Waals surface area contributed by atoms with Crippen molar-refractivity contribution in [3.63, 3.8) is 0 Å². The summed E-state index contributed by atoms with van der Waals surface area (Å²) in [5.41, 5.74) is 9.56. The molecule has 0 unspecified atom stereocenters. The first-order valence-corrected chi connectivity index (χ1v) is 7.10. The lowest BCUT2D eigenvalue weighted by atomic mass is 10.2. The number of hydrazone groups is 1. The molecule has 0 fully saturated rings. The number of amides is 1. The van der Waals surface area contributed by atoms with E-state index in [9.17, 15) is 4.79 Å². The molecular weight excluding hydrogens is 318 g/mol. The Morgan fingerprint density at radius 2 is 2.00 bits per heavy atom. The van der Waals surface area contributed by atoms with Gasteiger partial charge in [-0.1, -0.05) is 11.6 Å². The molecule has 0 aromatic heterocycles. The Labute approximate surface area is 138 Å². The van der Waals surface area contributed by atoms with Crippen molar-refractivity contribution < 1.29 is 14.3 Å². The number of ether oxygens (including phenoxy) is 2. The number of carbonyl (C=O) groups is 1. The highest BCUT2D eigenvalue weighted by atomic mass is 35.5. The maximum Gasteiger partial charge on any atom is 0.255 e. The maximum atomic E-state index is 10.8. The molecule has 2 rings (SSSR count). The van der Waals surface area contributed by atoms with Gasteiger partial charge >= 0.3 is 0 Å². The topological polar surface area (TPSA) is 85.9 Å². The zero-order valence-corrected chi connectivity index (χ0v) is 13.2. The second kappa shape index (κ2) is 8.05. The third-order valence-corrected chi connectivity index (χ3v) is 3.06. The fraction of sp³-hybridized carbons (Fsp3) is 0.125. The van der Waals surface area contributed by atoms with Crippen LogP contribution in [0.4, 0.5) is 5.69 Å². The average molecular weight is 334 g/mol. The molecule has 2 aromatic rings. The predicted molar refractivity (Wildman–Crippen MR) is 90.4 cm³/mol. The lowest BCUT2D eigenvalue weighted by molar-refractivity contribution is -0.119. The molecule has 0 aliphatic carbocycles. The largest absolute Gasteiger partial charge is 0.493 e. The van der Waals surface area contributed by atoms with E-state index in [1.807, 2.05) is 12.1 Å². The van der Waals surface area contributed by atoms with E-state index in [4.69, 9.17) is 26.8 Å². The van der Waals surface area contributed by atoms with Gasteiger partial charge in [-0.05, 0) is 48.0 Å². The second-order valence-corrected chi connectivity index (χ2v) is 4.98. The monoisotopic (exact) mass is 333 g/mol. The number of hydrogen-bond acceptors (Lipinski definition) is 5. The SMILES string of the molecule is COc1cc(/C=N\Nc2ccc(Cl)cc2)ccc1OCC(N)=O. The summed E-state index contributed by atoms with van der Waals surface area (Å²) in [6, 6.07) is 12.4. The summed E-state index contributed by atoms with van der Waals surface area (Å²) in [5.74, 6) is 0.376. The van der Waals surface area contributed by atoms with E-state index in [-0.39, 0.29) is 6.61 Å². The van der Waals surface area contributed by atoms with Crippen molar-refractivity contribution in [1.82, 2.24) is 0 Å². The smallest absolute Gasteiger partial charge is 0.255 e. The van der Waals surface area contributed by atoms with Crippen LogP contribution in [0, 0.1) is 0 Å². The molecule has 0 saturated heterocycles. The first kappa shape index (κ1) is 16.6. The van der Waals surface area contributed by atoms with Crippen LogP contribution in [-0.4, -0.2) is 25.8 Å². The molecule has 23 heavy (non-hydrogen) atoms. The Morgan fingerprint density at radius 1 is 1.26 bits per heavy atom. The zero-order chi connectivity index (χ0) is 16.7. The molecule has 2 aromatic carbocycles. The predicted octanol–water partition coefficient (Wildman–Crippen LogP) is 2.66. The molecule has 3 N–H and O–H groups in total. The number of nitrogens with two attached hydrogens (primary N) is 1. The van der Waals surface area contributed by atoms with Crippen LogP contribution in [0.3, 0.4) is 0 Å². The van der Waals surface area contributed by atoms with Crippen molar-refractivity contribution in [2.75, 3.05) is 19.1 Å². The zero-order valence-electron chi connectivity index (χ0n) is 12.5. The standard InChI is InChI=1S/C16H16ClN3O3/c1-22-15-8-11(2-7-14(15)23-10-16(18)21)9-19-20-13-5-3-12(17)4-6-13/h2-9,20H,10H2,1H3,(H2,18,21)/b19-9-. The summed E-state index contributed by atoms with van der Waals surface area (Å²) < 4.78 is 10.5. The van der Waals surface area contributed by atoms with E-state index in [0.29, 0.717) is 16.5 Å². The third kappa shape index (κ3) is 5.19. The van der Waals surface area contributed by atoms with E-state index in [2.05, 4.69) is 10.5 Å². The summed E-state index contributed by atoms with van der Waals surface area (Å²) in [5, 5.41) is 4.80. The minimum absolute atomic E-state index is 0.206. The van der Waals surface area contributed by atoms with Crippen LogP contribution in [-0.2, 0) is 4.79 Å². The van der Waals surface area contributed by atoms with Crippen LogP contribution in [0.1, 0.15) is 5.56 Å². The molecule has 0 saturated carbocycles. The van der Waals surface area contributed by atoms with Gasteiger partial charge in [0.1, 0.15) is 0 Å². The van der Waals surface area contributed by atoms with Crippen LogP contribution in [0.15, 0.2) is 47.6 Å². The van der Waals surface area contributed by atoms with Gasteiger partial charge in [0.2, 0.25) is 0 Å². The number of primary amides is 1. The normalized spacial score (nSPS) is 10.5. The number of hydrogen-bond donors (Lipinski definition) is 2. The Bertz CT molecular complexity index is 702. The van der Waals surface area contributed by atoms with Crippen LogP contribution in [0.2, 0.25) is 5.02 Å². The number of benzene rings is 2. The van der Waals surface area contributed by atoms with Crippen LogP contribution >= 0.6 is 11.6 Å². The van der Waals surface area contributed by atoms with E-state index < -0.39 is 5.91 Å². The van der Waals surface area contributed by atoms with E-state index >= 15 is 0 Å². The summed E-state index contributed by atoms with van der Waals surface area (Å²) in [7, 11) is 1.51. The van der Waals surface area contributed by atoms with Gasteiger partial charge < -0.3 is 15.2 Å². The number of nitrogens with one attached hydrogen (secondary N) is 1. The molecule has 120 valence electrons. The lowest BCUT2D eigenvalue weighted by Gasteiger charge is -2.09. The molecule has 0 radical (unpaired) electrons. The van der Waals surface area contributed by atoms with Crippen molar-refractivity contribution in [1.29, 1.82) is 0 Å². The van der Waals surface area contributed by atoms with Crippen molar-refractivity contribution in [3.8, 4) is 11.5 Å². The van der Waals surface area contributed by atoms with Crippen molar-refractivity contribution in [2.45, 2.75) is 0 Å². The fourth-order valence-electron chi connectivity index (χ4n) is 1.74. The van der Waals surface area contributed by atoms with Gasteiger partial charge in [0.25, 0.3) is 5.91 Å². The van der Waals surface area contributed by atoms with Gasteiger partial charge in [-0.15, -0.1) is 0 Å². The number of rotatable bonds is 7. The summed E-state index contributed by atoms with van der Waals surface area (Å²) in [6.07, 6.45) is 1.63. The summed E-state index contributed by atoms with van der Waals surface area (Å²) in [4.78, 5) is 10.8. The molecule has 0 aliphatic rings. The number of halogens is 1.